The standard InChI is InChI=1S/C13H27N5O/c1-6-18(9-7-8-17(4)5)10-11-15-12(16-19-11)13(2,3)14/h6-10,14H2,1-5H3. The van der Waals surface area contributed by atoms with Gasteiger partial charge in [-0.2, -0.15) is 4.98 Å². The Kier molecular flexibility index (Phi) is 5.90. The van der Waals surface area contributed by atoms with Crippen LogP contribution in [0.4, 0.5) is 0 Å². The molecule has 19 heavy (non-hydrogen) atoms. The maximum atomic E-state index is 5.94. The zero-order valence-corrected chi connectivity index (χ0v) is 12.8. The predicted molar refractivity (Wildman–Crippen MR) is 75.6 cm³/mol. The van der Waals surface area contributed by atoms with E-state index in [-0.39, 0.29) is 0 Å². The smallest absolute Gasteiger partial charge is 0.240 e. The fourth-order valence-corrected chi connectivity index (χ4v) is 1.73. The van der Waals surface area contributed by atoms with Crippen LogP contribution >= 0.6 is 0 Å². The first-order valence-corrected chi connectivity index (χ1v) is 6.82. The number of nitrogens with zero attached hydrogens (tertiary/aromatic N) is 4. The summed E-state index contributed by atoms with van der Waals surface area (Å²) in [6, 6.07) is 0. The molecule has 0 atom stereocenters. The molecule has 0 aliphatic heterocycles. The summed E-state index contributed by atoms with van der Waals surface area (Å²) in [5, 5.41) is 3.94. The van der Waals surface area contributed by atoms with Crippen molar-refractivity contribution in [2.24, 2.45) is 5.73 Å². The lowest BCUT2D eigenvalue weighted by Gasteiger charge is -2.19. The van der Waals surface area contributed by atoms with Crippen LogP contribution in [0.3, 0.4) is 0 Å². The van der Waals surface area contributed by atoms with Gasteiger partial charge >= 0.3 is 0 Å². The SMILES string of the molecule is CCN(CCCN(C)C)Cc1nc(C(C)(C)N)no1. The van der Waals surface area contributed by atoms with E-state index in [1.54, 1.807) is 0 Å². The largest absolute Gasteiger partial charge is 0.338 e. The summed E-state index contributed by atoms with van der Waals surface area (Å²) in [6.07, 6.45) is 1.13. The first kappa shape index (κ1) is 16.1. The minimum atomic E-state index is -0.552. The molecule has 0 amide bonds. The summed E-state index contributed by atoms with van der Waals surface area (Å²) in [4.78, 5) is 8.84. The first-order chi connectivity index (χ1) is 8.82. The number of nitrogens with two attached hydrogens (primary N) is 1. The summed E-state index contributed by atoms with van der Waals surface area (Å²) in [6.45, 7) is 9.65. The zero-order valence-electron chi connectivity index (χ0n) is 12.8. The van der Waals surface area contributed by atoms with Crippen LogP contribution in [0.15, 0.2) is 4.52 Å². The second kappa shape index (κ2) is 6.98. The van der Waals surface area contributed by atoms with Gasteiger partial charge in [-0.3, -0.25) is 4.90 Å². The van der Waals surface area contributed by atoms with E-state index in [0.717, 1.165) is 26.1 Å². The Bertz CT molecular complexity index is 369. The van der Waals surface area contributed by atoms with Crippen molar-refractivity contribution in [1.29, 1.82) is 0 Å². The van der Waals surface area contributed by atoms with Crippen molar-refractivity contribution < 1.29 is 4.52 Å². The van der Waals surface area contributed by atoms with Crippen molar-refractivity contribution >= 4 is 0 Å². The van der Waals surface area contributed by atoms with E-state index in [0.29, 0.717) is 18.3 Å². The lowest BCUT2D eigenvalue weighted by Crippen LogP contribution is -2.30. The third-order valence-corrected chi connectivity index (χ3v) is 2.93. The van der Waals surface area contributed by atoms with Gasteiger partial charge < -0.3 is 15.2 Å². The summed E-state index contributed by atoms with van der Waals surface area (Å²) in [5.74, 6) is 1.20. The maximum absolute atomic E-state index is 5.94. The second-order valence-corrected chi connectivity index (χ2v) is 5.76. The highest BCUT2D eigenvalue weighted by Gasteiger charge is 2.22. The number of hydrogen-bond donors (Lipinski definition) is 1. The van der Waals surface area contributed by atoms with E-state index in [4.69, 9.17) is 10.3 Å². The van der Waals surface area contributed by atoms with Crippen molar-refractivity contribution in [2.75, 3.05) is 33.7 Å². The van der Waals surface area contributed by atoms with E-state index in [2.05, 4.69) is 41.0 Å². The molecule has 0 radical (unpaired) electrons. The molecule has 1 heterocycles. The number of hydrogen-bond acceptors (Lipinski definition) is 6. The van der Waals surface area contributed by atoms with Crippen LogP contribution in [0.1, 0.15) is 38.9 Å². The van der Waals surface area contributed by atoms with Gasteiger partial charge in [0.05, 0.1) is 12.1 Å². The Hall–Kier alpha value is -0.980. The average molecular weight is 269 g/mol. The Labute approximate surface area is 115 Å². The third-order valence-electron chi connectivity index (χ3n) is 2.93. The fraction of sp³-hybridized carbons (Fsp3) is 0.846. The highest BCUT2D eigenvalue weighted by Crippen LogP contribution is 2.13. The topological polar surface area (TPSA) is 71.4 Å². The molecule has 6 heteroatoms. The van der Waals surface area contributed by atoms with E-state index >= 15 is 0 Å². The van der Waals surface area contributed by atoms with Crippen molar-refractivity contribution in [3.8, 4) is 0 Å². The normalized spacial score (nSPS) is 12.6. The van der Waals surface area contributed by atoms with E-state index in [1.165, 1.54) is 0 Å². The van der Waals surface area contributed by atoms with Gasteiger partial charge in [-0.25, -0.2) is 0 Å². The molecule has 1 aromatic heterocycles. The van der Waals surface area contributed by atoms with Gasteiger partial charge in [-0.05, 0) is 54.0 Å². The predicted octanol–water partition coefficient (Wildman–Crippen LogP) is 1.04. The summed E-state index contributed by atoms with van der Waals surface area (Å²) >= 11 is 0. The lowest BCUT2D eigenvalue weighted by atomic mass is 10.1. The fourth-order valence-electron chi connectivity index (χ4n) is 1.73. The quantitative estimate of drug-likeness (QED) is 0.760. The summed E-state index contributed by atoms with van der Waals surface area (Å²) < 4.78 is 5.26. The molecule has 0 aliphatic rings. The van der Waals surface area contributed by atoms with Crippen LogP contribution in [0, 0.1) is 0 Å². The van der Waals surface area contributed by atoms with E-state index in [9.17, 15) is 0 Å². The Balaban J connectivity index is 2.49. The Morgan fingerprint density at radius 2 is 1.95 bits per heavy atom. The van der Waals surface area contributed by atoms with Crippen molar-refractivity contribution in [1.82, 2.24) is 19.9 Å². The van der Waals surface area contributed by atoms with Crippen LogP contribution in [0.25, 0.3) is 0 Å². The van der Waals surface area contributed by atoms with Crippen molar-refractivity contribution in [3.63, 3.8) is 0 Å². The summed E-state index contributed by atoms with van der Waals surface area (Å²) in [7, 11) is 4.17. The van der Waals surface area contributed by atoms with Gasteiger partial charge in [0.2, 0.25) is 5.89 Å². The van der Waals surface area contributed by atoms with Crippen molar-refractivity contribution in [2.45, 2.75) is 39.3 Å². The molecular weight excluding hydrogens is 242 g/mol. The minimum Gasteiger partial charge on any atom is -0.338 e. The highest BCUT2D eigenvalue weighted by atomic mass is 16.5. The Morgan fingerprint density at radius 3 is 2.42 bits per heavy atom. The lowest BCUT2D eigenvalue weighted by molar-refractivity contribution is 0.224. The molecule has 0 unspecified atom stereocenters. The number of aromatic nitrogens is 2. The summed E-state index contributed by atoms with van der Waals surface area (Å²) in [5.41, 5.74) is 5.39. The molecule has 1 aromatic rings. The molecule has 0 aliphatic carbocycles. The molecule has 6 nitrogen and oxygen atoms in total. The van der Waals surface area contributed by atoms with Crippen LogP contribution in [0.5, 0.6) is 0 Å². The molecule has 0 saturated carbocycles. The molecule has 110 valence electrons. The van der Waals surface area contributed by atoms with Crippen LogP contribution in [-0.4, -0.2) is 53.7 Å². The molecule has 0 bridgehead atoms. The van der Waals surface area contributed by atoms with Crippen LogP contribution < -0.4 is 5.73 Å². The minimum absolute atomic E-state index is 0.552. The third kappa shape index (κ3) is 5.67. The zero-order chi connectivity index (χ0) is 14.5. The number of rotatable bonds is 8. The molecule has 1 rings (SSSR count). The van der Waals surface area contributed by atoms with Gasteiger partial charge in [-0.15, -0.1) is 0 Å². The highest BCUT2D eigenvalue weighted by molar-refractivity contribution is 4.98. The molecule has 0 fully saturated rings. The molecule has 0 aromatic carbocycles. The van der Waals surface area contributed by atoms with Gasteiger partial charge in [0.1, 0.15) is 0 Å². The molecule has 0 saturated heterocycles. The van der Waals surface area contributed by atoms with Gasteiger partial charge in [-0.1, -0.05) is 12.1 Å². The monoisotopic (exact) mass is 269 g/mol. The van der Waals surface area contributed by atoms with Crippen LogP contribution in [0.2, 0.25) is 0 Å². The van der Waals surface area contributed by atoms with Crippen molar-refractivity contribution in [3.05, 3.63) is 11.7 Å². The molecular formula is C13H27N5O. The first-order valence-electron chi connectivity index (χ1n) is 6.82. The van der Waals surface area contributed by atoms with Crippen LogP contribution in [-0.2, 0) is 12.1 Å². The molecule has 0 spiro atoms. The van der Waals surface area contributed by atoms with Gasteiger partial charge in [0.25, 0.3) is 0 Å². The van der Waals surface area contributed by atoms with E-state index in [1.807, 2.05) is 13.8 Å². The molecule has 2 N–H and O–H groups in total. The van der Waals surface area contributed by atoms with Gasteiger partial charge in [0.15, 0.2) is 5.82 Å². The van der Waals surface area contributed by atoms with E-state index < -0.39 is 5.54 Å². The Morgan fingerprint density at radius 1 is 1.26 bits per heavy atom. The van der Waals surface area contributed by atoms with Gasteiger partial charge in [0, 0.05) is 0 Å². The maximum Gasteiger partial charge on any atom is 0.240 e. The second-order valence-electron chi connectivity index (χ2n) is 5.76. The average Bonchev–Trinajstić information content (AvgIpc) is 2.75.